The molecule has 0 aromatic carbocycles. The van der Waals surface area contributed by atoms with Gasteiger partial charge in [-0.15, -0.1) is 0 Å². The van der Waals surface area contributed by atoms with Gasteiger partial charge in [0.25, 0.3) is 0 Å². The molecule has 0 aliphatic heterocycles. The standard InChI is InChI=1S/C14H21NS/c15-2-1-3-16-10-14-7-11-4-12(8-14)6-13(5-11)9-14/h11-13H,1,3-10H2. The number of hydrogen-bond acceptors (Lipinski definition) is 2. The van der Waals surface area contributed by atoms with Crippen molar-refractivity contribution in [3.63, 3.8) is 0 Å². The van der Waals surface area contributed by atoms with Gasteiger partial charge in [-0.2, -0.15) is 17.0 Å². The normalized spacial score (nSPS) is 44.6. The average Bonchev–Trinajstić information content (AvgIpc) is 2.22. The van der Waals surface area contributed by atoms with E-state index in [1.165, 1.54) is 25.0 Å². The summed E-state index contributed by atoms with van der Waals surface area (Å²) < 4.78 is 0. The molecule has 2 heteroatoms. The van der Waals surface area contributed by atoms with Crippen molar-refractivity contribution < 1.29 is 0 Å². The second-order valence-corrected chi connectivity index (χ2v) is 7.48. The molecule has 0 aromatic rings. The topological polar surface area (TPSA) is 23.8 Å². The third kappa shape index (κ3) is 1.99. The maximum absolute atomic E-state index is 8.56. The highest BCUT2D eigenvalue weighted by Crippen LogP contribution is 2.60. The summed E-state index contributed by atoms with van der Waals surface area (Å²) in [6.07, 6.45) is 9.90. The van der Waals surface area contributed by atoms with Crippen LogP contribution in [0.25, 0.3) is 0 Å². The maximum Gasteiger partial charge on any atom is 0.0630 e. The van der Waals surface area contributed by atoms with Crippen LogP contribution < -0.4 is 0 Å². The van der Waals surface area contributed by atoms with Gasteiger partial charge in [-0.1, -0.05) is 0 Å². The van der Waals surface area contributed by atoms with E-state index in [9.17, 15) is 0 Å². The zero-order valence-corrected chi connectivity index (χ0v) is 10.8. The lowest BCUT2D eigenvalue weighted by atomic mass is 9.50. The summed E-state index contributed by atoms with van der Waals surface area (Å²) in [5.74, 6) is 5.62. The maximum atomic E-state index is 8.56. The highest BCUT2D eigenvalue weighted by atomic mass is 32.2. The van der Waals surface area contributed by atoms with Crippen molar-refractivity contribution in [2.45, 2.75) is 44.9 Å². The predicted octanol–water partition coefficient (Wildman–Crippen LogP) is 3.85. The Labute approximate surface area is 103 Å². The minimum Gasteiger partial charge on any atom is -0.198 e. The van der Waals surface area contributed by atoms with E-state index >= 15 is 0 Å². The molecular weight excluding hydrogens is 214 g/mol. The molecule has 4 bridgehead atoms. The van der Waals surface area contributed by atoms with Crippen LogP contribution in [-0.2, 0) is 0 Å². The minimum atomic E-state index is 0.703. The average molecular weight is 235 g/mol. The molecule has 4 aliphatic carbocycles. The zero-order chi connectivity index (χ0) is 11.0. The quantitative estimate of drug-likeness (QED) is 0.691. The van der Waals surface area contributed by atoms with Crippen LogP contribution in [0.2, 0.25) is 0 Å². The van der Waals surface area contributed by atoms with Crippen molar-refractivity contribution in [2.75, 3.05) is 11.5 Å². The Bertz CT molecular complexity index is 269. The smallest absolute Gasteiger partial charge is 0.0630 e. The lowest BCUT2D eigenvalue weighted by Gasteiger charge is -2.56. The van der Waals surface area contributed by atoms with Gasteiger partial charge in [0.2, 0.25) is 0 Å². The van der Waals surface area contributed by atoms with Gasteiger partial charge in [0.1, 0.15) is 0 Å². The number of hydrogen-bond donors (Lipinski definition) is 0. The van der Waals surface area contributed by atoms with Gasteiger partial charge in [0.05, 0.1) is 6.07 Å². The zero-order valence-electron chi connectivity index (χ0n) is 9.95. The molecular formula is C14H21NS. The third-order valence-corrected chi connectivity index (χ3v) is 6.24. The Morgan fingerprint density at radius 1 is 1.06 bits per heavy atom. The van der Waals surface area contributed by atoms with Crippen LogP contribution in [0.15, 0.2) is 0 Å². The van der Waals surface area contributed by atoms with Gasteiger partial charge >= 0.3 is 0 Å². The summed E-state index contributed by atoms with van der Waals surface area (Å²) in [4.78, 5) is 0. The first-order valence-corrected chi connectivity index (χ1v) is 7.90. The van der Waals surface area contributed by atoms with Crippen molar-refractivity contribution in [3.05, 3.63) is 0 Å². The highest BCUT2D eigenvalue weighted by Gasteiger charge is 2.50. The molecule has 88 valence electrons. The summed E-state index contributed by atoms with van der Waals surface area (Å²) in [5, 5.41) is 8.56. The summed E-state index contributed by atoms with van der Waals surface area (Å²) in [7, 11) is 0. The van der Waals surface area contributed by atoms with E-state index in [4.69, 9.17) is 5.26 Å². The van der Waals surface area contributed by atoms with Crippen LogP contribution in [0, 0.1) is 34.5 Å². The van der Waals surface area contributed by atoms with E-state index in [1.807, 2.05) is 11.8 Å². The fraction of sp³-hybridized carbons (Fsp3) is 0.929. The molecule has 0 spiro atoms. The summed E-state index contributed by atoms with van der Waals surface area (Å²) in [6, 6.07) is 2.26. The SMILES string of the molecule is N#CCCSCC12CC3CC(CC(C3)C1)C2. The number of rotatable bonds is 4. The van der Waals surface area contributed by atoms with E-state index < -0.39 is 0 Å². The highest BCUT2D eigenvalue weighted by molar-refractivity contribution is 7.99. The summed E-state index contributed by atoms with van der Waals surface area (Å²) in [6.45, 7) is 0. The summed E-state index contributed by atoms with van der Waals surface area (Å²) in [5.41, 5.74) is 0.703. The molecule has 0 aromatic heterocycles. The second kappa shape index (κ2) is 4.26. The van der Waals surface area contributed by atoms with Crippen LogP contribution >= 0.6 is 11.8 Å². The van der Waals surface area contributed by atoms with Crippen LogP contribution in [0.5, 0.6) is 0 Å². The Hall–Kier alpha value is -0.160. The molecule has 0 saturated heterocycles. The first kappa shape index (κ1) is 11.0. The fourth-order valence-electron chi connectivity index (χ4n) is 4.87. The molecule has 4 aliphatic rings. The monoisotopic (exact) mass is 235 g/mol. The van der Waals surface area contributed by atoms with Crippen LogP contribution in [-0.4, -0.2) is 11.5 Å². The lowest BCUT2D eigenvalue weighted by Crippen LogP contribution is -2.47. The van der Waals surface area contributed by atoms with Gasteiger partial charge in [-0.3, -0.25) is 0 Å². The Balaban J connectivity index is 1.59. The van der Waals surface area contributed by atoms with E-state index in [1.54, 1.807) is 19.3 Å². The van der Waals surface area contributed by atoms with Crippen molar-refractivity contribution >= 4 is 11.8 Å². The molecule has 0 amide bonds. The molecule has 0 atom stereocenters. The van der Waals surface area contributed by atoms with Crippen molar-refractivity contribution in [2.24, 2.45) is 23.2 Å². The second-order valence-electron chi connectivity index (χ2n) is 6.38. The molecule has 0 radical (unpaired) electrons. The number of thioether (sulfide) groups is 1. The van der Waals surface area contributed by atoms with E-state index in [2.05, 4.69) is 6.07 Å². The van der Waals surface area contributed by atoms with Gasteiger partial charge < -0.3 is 0 Å². The molecule has 0 N–H and O–H groups in total. The van der Waals surface area contributed by atoms with Gasteiger partial charge in [0, 0.05) is 12.2 Å². The fourth-order valence-corrected chi connectivity index (χ4v) is 6.04. The van der Waals surface area contributed by atoms with Crippen molar-refractivity contribution in [1.29, 1.82) is 5.26 Å². The van der Waals surface area contributed by atoms with Gasteiger partial charge in [-0.25, -0.2) is 0 Å². The number of nitriles is 1. The van der Waals surface area contributed by atoms with Gasteiger partial charge in [0.15, 0.2) is 0 Å². The Morgan fingerprint density at radius 2 is 1.62 bits per heavy atom. The predicted molar refractivity (Wildman–Crippen MR) is 68.2 cm³/mol. The molecule has 16 heavy (non-hydrogen) atoms. The van der Waals surface area contributed by atoms with E-state index in [-0.39, 0.29) is 0 Å². The Kier molecular flexibility index (Phi) is 2.92. The molecule has 4 saturated carbocycles. The largest absolute Gasteiger partial charge is 0.198 e. The molecule has 0 unspecified atom stereocenters. The van der Waals surface area contributed by atoms with E-state index in [0.717, 1.165) is 29.9 Å². The van der Waals surface area contributed by atoms with E-state index in [0.29, 0.717) is 5.41 Å². The summed E-state index contributed by atoms with van der Waals surface area (Å²) >= 11 is 2.04. The first-order chi connectivity index (χ1) is 7.80. The molecule has 1 nitrogen and oxygen atoms in total. The minimum absolute atomic E-state index is 0.703. The first-order valence-electron chi connectivity index (χ1n) is 6.74. The lowest BCUT2D eigenvalue weighted by molar-refractivity contribution is -0.0381. The molecule has 0 heterocycles. The number of nitrogens with zero attached hydrogens (tertiary/aromatic N) is 1. The third-order valence-electron chi connectivity index (χ3n) is 4.93. The van der Waals surface area contributed by atoms with Crippen molar-refractivity contribution in [1.82, 2.24) is 0 Å². The van der Waals surface area contributed by atoms with Crippen LogP contribution in [0.1, 0.15) is 44.9 Å². The Morgan fingerprint density at radius 3 is 2.12 bits per heavy atom. The van der Waals surface area contributed by atoms with Gasteiger partial charge in [-0.05, 0) is 67.4 Å². The molecule has 4 fully saturated rings. The van der Waals surface area contributed by atoms with Crippen LogP contribution in [0.4, 0.5) is 0 Å². The van der Waals surface area contributed by atoms with Crippen LogP contribution in [0.3, 0.4) is 0 Å². The van der Waals surface area contributed by atoms with Crippen molar-refractivity contribution in [3.8, 4) is 6.07 Å². The molecule has 4 rings (SSSR count).